The molecule has 1 fully saturated rings. The third-order valence-corrected chi connectivity index (χ3v) is 4.07. The van der Waals surface area contributed by atoms with Crippen LogP contribution in [0.25, 0.3) is 0 Å². The average Bonchev–Trinajstić information content (AvgIpc) is 2.37. The van der Waals surface area contributed by atoms with Crippen LogP contribution >= 0.6 is 11.6 Å². The van der Waals surface area contributed by atoms with E-state index in [4.69, 9.17) is 11.6 Å². The quantitative estimate of drug-likeness (QED) is 0.912. The van der Waals surface area contributed by atoms with E-state index in [2.05, 4.69) is 5.32 Å². The molecule has 0 aliphatic carbocycles. The van der Waals surface area contributed by atoms with Crippen LogP contribution in [0, 0.1) is 5.82 Å². The molecule has 2 rings (SSSR count). The van der Waals surface area contributed by atoms with Gasteiger partial charge in [0.05, 0.1) is 5.02 Å². The molecule has 1 aliphatic rings. The molecule has 1 heterocycles. The molecule has 1 N–H and O–H groups in total. The van der Waals surface area contributed by atoms with Crippen LogP contribution in [0.4, 0.5) is 4.39 Å². The van der Waals surface area contributed by atoms with Crippen LogP contribution in [-0.4, -0.2) is 27.8 Å². The minimum Gasteiger partial charge on any atom is -0.340 e. The SMILES string of the molecule is CC1(C)NC(=O)C(C)(C)N(Cc2ccc(Cl)c(F)c2)C1=O. The molecule has 0 saturated carbocycles. The fourth-order valence-electron chi connectivity index (χ4n) is 2.29. The summed E-state index contributed by atoms with van der Waals surface area (Å²) in [7, 11) is 0. The van der Waals surface area contributed by atoms with Gasteiger partial charge in [-0.15, -0.1) is 0 Å². The van der Waals surface area contributed by atoms with Crippen LogP contribution in [0.1, 0.15) is 33.3 Å². The van der Waals surface area contributed by atoms with Crippen LogP contribution in [0.5, 0.6) is 0 Å². The van der Waals surface area contributed by atoms with E-state index in [1.54, 1.807) is 33.8 Å². The number of hydrogen-bond donors (Lipinski definition) is 1. The number of rotatable bonds is 2. The van der Waals surface area contributed by atoms with Gasteiger partial charge in [0.25, 0.3) is 0 Å². The van der Waals surface area contributed by atoms with Gasteiger partial charge in [-0.3, -0.25) is 9.59 Å². The molecule has 0 aromatic heterocycles. The molecule has 1 aromatic rings. The molecule has 0 atom stereocenters. The highest BCUT2D eigenvalue weighted by Gasteiger charge is 2.49. The number of carbonyl (C=O) groups is 2. The third-order valence-electron chi connectivity index (χ3n) is 3.76. The van der Waals surface area contributed by atoms with Gasteiger partial charge in [-0.05, 0) is 45.4 Å². The molecule has 4 nitrogen and oxygen atoms in total. The largest absolute Gasteiger partial charge is 0.340 e. The van der Waals surface area contributed by atoms with Gasteiger partial charge < -0.3 is 10.2 Å². The summed E-state index contributed by atoms with van der Waals surface area (Å²) >= 11 is 5.66. The molecule has 1 saturated heterocycles. The lowest BCUT2D eigenvalue weighted by Crippen LogP contribution is -2.71. The summed E-state index contributed by atoms with van der Waals surface area (Å²) in [6.07, 6.45) is 0. The van der Waals surface area contributed by atoms with Crippen molar-refractivity contribution in [1.29, 1.82) is 0 Å². The zero-order valence-corrected chi connectivity index (χ0v) is 13.2. The van der Waals surface area contributed by atoms with E-state index < -0.39 is 16.9 Å². The van der Waals surface area contributed by atoms with Crippen LogP contribution in [-0.2, 0) is 16.1 Å². The minimum atomic E-state index is -0.997. The van der Waals surface area contributed by atoms with Gasteiger partial charge in [-0.1, -0.05) is 17.7 Å². The Hall–Kier alpha value is -1.62. The molecule has 1 aliphatic heterocycles. The zero-order valence-electron chi connectivity index (χ0n) is 12.5. The van der Waals surface area contributed by atoms with E-state index in [-0.39, 0.29) is 23.4 Å². The van der Waals surface area contributed by atoms with Gasteiger partial charge in [0, 0.05) is 6.54 Å². The molecule has 0 bridgehead atoms. The lowest BCUT2D eigenvalue weighted by molar-refractivity contribution is -0.160. The maximum absolute atomic E-state index is 13.5. The van der Waals surface area contributed by atoms with Gasteiger partial charge in [0.2, 0.25) is 11.8 Å². The van der Waals surface area contributed by atoms with Crippen molar-refractivity contribution in [2.75, 3.05) is 0 Å². The predicted molar refractivity (Wildman–Crippen MR) is 78.3 cm³/mol. The van der Waals surface area contributed by atoms with E-state index in [0.29, 0.717) is 5.56 Å². The number of benzene rings is 1. The monoisotopic (exact) mass is 312 g/mol. The summed E-state index contributed by atoms with van der Waals surface area (Å²) in [6, 6.07) is 4.37. The summed E-state index contributed by atoms with van der Waals surface area (Å²) in [5.41, 5.74) is -1.39. The topological polar surface area (TPSA) is 49.4 Å². The number of halogens is 2. The second-order valence-corrected chi connectivity index (χ2v) is 6.69. The van der Waals surface area contributed by atoms with Gasteiger partial charge in [0.1, 0.15) is 16.9 Å². The average molecular weight is 313 g/mol. The maximum Gasteiger partial charge on any atom is 0.248 e. The number of hydrogen-bond acceptors (Lipinski definition) is 2. The summed E-state index contributed by atoms with van der Waals surface area (Å²) in [4.78, 5) is 26.2. The summed E-state index contributed by atoms with van der Waals surface area (Å²) in [5, 5.41) is 2.74. The number of nitrogens with one attached hydrogen (secondary N) is 1. The number of nitrogens with zero attached hydrogens (tertiary/aromatic N) is 1. The van der Waals surface area contributed by atoms with E-state index >= 15 is 0 Å². The molecule has 114 valence electrons. The first kappa shape index (κ1) is 15.8. The fourth-order valence-corrected chi connectivity index (χ4v) is 2.41. The van der Waals surface area contributed by atoms with Crippen LogP contribution in [0.2, 0.25) is 5.02 Å². The Morgan fingerprint density at radius 1 is 1.24 bits per heavy atom. The Kier molecular flexibility index (Phi) is 3.74. The number of amides is 2. The first-order chi connectivity index (χ1) is 9.55. The minimum absolute atomic E-state index is 0.0288. The van der Waals surface area contributed by atoms with Crippen molar-refractivity contribution in [2.45, 2.75) is 45.3 Å². The van der Waals surface area contributed by atoms with E-state index in [1.807, 2.05) is 0 Å². The Morgan fingerprint density at radius 2 is 1.86 bits per heavy atom. The molecule has 0 radical (unpaired) electrons. The van der Waals surface area contributed by atoms with Crippen LogP contribution in [0.3, 0.4) is 0 Å². The second kappa shape index (κ2) is 4.98. The first-order valence-corrected chi connectivity index (χ1v) is 7.02. The van der Waals surface area contributed by atoms with Crippen molar-refractivity contribution in [1.82, 2.24) is 10.2 Å². The Balaban J connectivity index is 2.36. The summed E-state index contributed by atoms with van der Waals surface area (Å²) in [5.74, 6) is -0.982. The molecular formula is C15H18ClFN2O2. The van der Waals surface area contributed by atoms with Crippen molar-refractivity contribution < 1.29 is 14.0 Å². The van der Waals surface area contributed by atoms with Crippen molar-refractivity contribution in [3.05, 3.63) is 34.6 Å². The van der Waals surface area contributed by atoms with Gasteiger partial charge in [0.15, 0.2) is 0 Å². The Morgan fingerprint density at radius 3 is 2.43 bits per heavy atom. The number of carbonyl (C=O) groups excluding carboxylic acids is 2. The molecule has 2 amide bonds. The Labute approximate surface area is 128 Å². The Bertz CT molecular complexity index is 614. The molecule has 0 unspecified atom stereocenters. The van der Waals surface area contributed by atoms with Crippen LogP contribution in [0.15, 0.2) is 18.2 Å². The molecular weight excluding hydrogens is 295 g/mol. The van der Waals surface area contributed by atoms with E-state index in [0.717, 1.165) is 0 Å². The van der Waals surface area contributed by atoms with Crippen molar-refractivity contribution in [2.24, 2.45) is 0 Å². The maximum atomic E-state index is 13.5. The molecule has 0 spiro atoms. The van der Waals surface area contributed by atoms with Crippen molar-refractivity contribution in [3.8, 4) is 0 Å². The smallest absolute Gasteiger partial charge is 0.248 e. The summed E-state index contributed by atoms with van der Waals surface area (Å²) in [6.45, 7) is 6.79. The van der Waals surface area contributed by atoms with Crippen LogP contribution < -0.4 is 5.32 Å². The lowest BCUT2D eigenvalue weighted by Gasteiger charge is -2.47. The van der Waals surface area contributed by atoms with Gasteiger partial charge in [-0.25, -0.2) is 4.39 Å². The van der Waals surface area contributed by atoms with Gasteiger partial charge in [-0.2, -0.15) is 0 Å². The highest BCUT2D eigenvalue weighted by molar-refractivity contribution is 6.30. The van der Waals surface area contributed by atoms with E-state index in [1.165, 1.54) is 17.0 Å². The fraction of sp³-hybridized carbons (Fsp3) is 0.467. The van der Waals surface area contributed by atoms with Crippen molar-refractivity contribution >= 4 is 23.4 Å². The lowest BCUT2D eigenvalue weighted by atomic mass is 9.89. The summed E-state index contributed by atoms with van der Waals surface area (Å²) < 4.78 is 13.5. The third kappa shape index (κ3) is 2.75. The number of piperazine rings is 1. The van der Waals surface area contributed by atoms with E-state index in [9.17, 15) is 14.0 Å². The first-order valence-electron chi connectivity index (χ1n) is 6.64. The molecule has 6 heteroatoms. The second-order valence-electron chi connectivity index (χ2n) is 6.28. The standard InChI is InChI=1S/C15H18ClFN2O2/c1-14(2)13(21)19(15(3,4)12(20)18-14)8-9-5-6-10(16)11(17)7-9/h5-7H,8H2,1-4H3,(H,18,20). The highest BCUT2D eigenvalue weighted by Crippen LogP contribution is 2.28. The van der Waals surface area contributed by atoms with Crippen molar-refractivity contribution in [3.63, 3.8) is 0 Å². The molecule has 21 heavy (non-hydrogen) atoms. The van der Waals surface area contributed by atoms with Gasteiger partial charge >= 0.3 is 0 Å². The predicted octanol–water partition coefficient (Wildman–Crippen LogP) is 2.49. The normalized spacial score (nSPS) is 20.4. The molecule has 1 aromatic carbocycles. The highest BCUT2D eigenvalue weighted by atomic mass is 35.5. The zero-order chi connectivity index (χ0) is 16.0.